The van der Waals surface area contributed by atoms with Crippen LogP contribution in [0.3, 0.4) is 0 Å². The minimum atomic E-state index is -0.104. The van der Waals surface area contributed by atoms with Crippen molar-refractivity contribution in [1.29, 1.82) is 0 Å². The van der Waals surface area contributed by atoms with Crippen LogP contribution < -0.4 is 5.32 Å². The van der Waals surface area contributed by atoms with Gasteiger partial charge in [-0.2, -0.15) is 0 Å². The first-order valence-corrected chi connectivity index (χ1v) is 6.51. The third-order valence-electron chi connectivity index (χ3n) is 3.79. The fraction of sp³-hybridized carbons (Fsp3) is 1.00. The van der Waals surface area contributed by atoms with Crippen molar-refractivity contribution in [1.82, 2.24) is 5.32 Å². The van der Waals surface area contributed by atoms with Crippen LogP contribution in [0.25, 0.3) is 0 Å². The lowest BCUT2D eigenvalue weighted by Gasteiger charge is -2.46. The second-order valence-corrected chi connectivity index (χ2v) is 6.16. The summed E-state index contributed by atoms with van der Waals surface area (Å²) in [5.41, 5.74) is 0.205. The van der Waals surface area contributed by atoms with Crippen LogP contribution >= 0.6 is 0 Å². The van der Waals surface area contributed by atoms with E-state index in [-0.39, 0.29) is 5.72 Å². The molecule has 1 N–H and O–H groups in total. The van der Waals surface area contributed by atoms with Crippen LogP contribution in [-0.4, -0.2) is 31.6 Å². The van der Waals surface area contributed by atoms with E-state index >= 15 is 0 Å². The molecule has 2 aliphatic rings. The molecule has 0 aromatic rings. The van der Waals surface area contributed by atoms with E-state index in [1.165, 1.54) is 0 Å². The molecule has 94 valence electrons. The van der Waals surface area contributed by atoms with Gasteiger partial charge in [0.15, 0.2) is 0 Å². The molecule has 0 aromatic heterocycles. The van der Waals surface area contributed by atoms with Gasteiger partial charge in [0, 0.05) is 19.1 Å². The van der Waals surface area contributed by atoms with Gasteiger partial charge in [-0.25, -0.2) is 0 Å². The first kappa shape index (κ1) is 12.3. The molecular weight excluding hydrogens is 202 g/mol. The van der Waals surface area contributed by atoms with Crippen LogP contribution in [0.1, 0.15) is 46.5 Å². The Hall–Kier alpha value is -0.120. The molecule has 2 heterocycles. The summed E-state index contributed by atoms with van der Waals surface area (Å²) in [4.78, 5) is 0. The molecule has 1 spiro atoms. The molecule has 2 fully saturated rings. The number of hydrogen-bond acceptors (Lipinski definition) is 3. The monoisotopic (exact) mass is 227 g/mol. The number of rotatable bonds is 0. The number of nitrogens with one attached hydrogen (secondary N) is 1. The zero-order valence-electron chi connectivity index (χ0n) is 10.8. The average Bonchev–Trinajstić information content (AvgIpc) is 2.43. The zero-order valence-corrected chi connectivity index (χ0v) is 10.8. The van der Waals surface area contributed by atoms with Crippen molar-refractivity contribution in [3.63, 3.8) is 0 Å². The first-order chi connectivity index (χ1) is 7.52. The van der Waals surface area contributed by atoms with E-state index in [2.05, 4.69) is 26.1 Å². The summed E-state index contributed by atoms with van der Waals surface area (Å²) in [7, 11) is 0. The number of ether oxygens (including phenoxy) is 2. The maximum atomic E-state index is 6.02. The summed E-state index contributed by atoms with van der Waals surface area (Å²) in [5.74, 6) is 0. The van der Waals surface area contributed by atoms with E-state index in [4.69, 9.17) is 9.47 Å². The van der Waals surface area contributed by atoms with Gasteiger partial charge in [-0.1, -0.05) is 20.8 Å². The third kappa shape index (κ3) is 2.76. The average molecular weight is 227 g/mol. The second kappa shape index (κ2) is 4.63. The summed E-state index contributed by atoms with van der Waals surface area (Å²) in [6, 6.07) is 0.555. The van der Waals surface area contributed by atoms with E-state index in [0.717, 1.165) is 45.5 Å². The predicted molar refractivity (Wildman–Crippen MR) is 64.3 cm³/mol. The smallest absolute Gasteiger partial charge is 0.121 e. The first-order valence-electron chi connectivity index (χ1n) is 6.51. The van der Waals surface area contributed by atoms with Crippen LogP contribution in [0.2, 0.25) is 0 Å². The van der Waals surface area contributed by atoms with Gasteiger partial charge in [-0.05, 0) is 24.7 Å². The highest BCUT2D eigenvalue weighted by Gasteiger charge is 2.40. The highest BCUT2D eigenvalue weighted by Crippen LogP contribution is 2.33. The number of hydrogen-bond donors (Lipinski definition) is 1. The Bertz CT molecular complexity index is 227. The van der Waals surface area contributed by atoms with Crippen molar-refractivity contribution in [2.45, 2.75) is 58.2 Å². The highest BCUT2D eigenvalue weighted by molar-refractivity contribution is 4.92. The van der Waals surface area contributed by atoms with Gasteiger partial charge in [-0.15, -0.1) is 0 Å². The molecule has 3 heteroatoms. The third-order valence-corrected chi connectivity index (χ3v) is 3.79. The molecule has 3 nitrogen and oxygen atoms in total. The van der Waals surface area contributed by atoms with Gasteiger partial charge in [-0.3, -0.25) is 5.32 Å². The van der Waals surface area contributed by atoms with Gasteiger partial charge >= 0.3 is 0 Å². The van der Waals surface area contributed by atoms with E-state index < -0.39 is 0 Å². The topological polar surface area (TPSA) is 30.5 Å². The molecule has 0 radical (unpaired) electrons. The zero-order chi connectivity index (χ0) is 11.6. The van der Waals surface area contributed by atoms with Gasteiger partial charge in [0.1, 0.15) is 5.72 Å². The molecular formula is C13H25NO2. The molecule has 2 aliphatic heterocycles. The summed E-state index contributed by atoms with van der Waals surface area (Å²) in [6.07, 6.45) is 4.29. The van der Waals surface area contributed by atoms with E-state index in [1.54, 1.807) is 0 Å². The quantitative estimate of drug-likeness (QED) is 0.689. The minimum absolute atomic E-state index is 0.104. The van der Waals surface area contributed by atoms with Gasteiger partial charge in [0.2, 0.25) is 0 Å². The standard InChI is InChI=1S/C13H25NO2/c1-12(2,3)11-5-9-16-13(14-11)6-4-8-15-10-7-13/h11,14H,4-10H2,1-3H3. The lowest BCUT2D eigenvalue weighted by atomic mass is 9.82. The van der Waals surface area contributed by atoms with Gasteiger partial charge < -0.3 is 9.47 Å². The molecule has 2 rings (SSSR count). The van der Waals surface area contributed by atoms with Crippen LogP contribution in [0, 0.1) is 5.41 Å². The maximum absolute atomic E-state index is 6.02. The Kier molecular flexibility index (Phi) is 3.57. The normalized spacial score (nSPS) is 37.3. The largest absolute Gasteiger partial charge is 0.381 e. The van der Waals surface area contributed by atoms with Crippen molar-refractivity contribution in [2.24, 2.45) is 5.41 Å². The van der Waals surface area contributed by atoms with Crippen molar-refractivity contribution in [3.8, 4) is 0 Å². The minimum Gasteiger partial charge on any atom is -0.381 e. The van der Waals surface area contributed by atoms with Gasteiger partial charge in [0.05, 0.1) is 13.2 Å². The van der Waals surface area contributed by atoms with Gasteiger partial charge in [0.25, 0.3) is 0 Å². The van der Waals surface area contributed by atoms with Crippen LogP contribution in [-0.2, 0) is 9.47 Å². The SMILES string of the molecule is CC(C)(C)C1CCOC2(CCCOCC2)N1. The molecule has 2 saturated heterocycles. The molecule has 0 saturated carbocycles. The Morgan fingerprint density at radius 1 is 1.12 bits per heavy atom. The van der Waals surface area contributed by atoms with E-state index in [1.807, 2.05) is 0 Å². The Balaban J connectivity index is 2.04. The Labute approximate surface area is 98.9 Å². The van der Waals surface area contributed by atoms with Crippen molar-refractivity contribution >= 4 is 0 Å². The predicted octanol–water partition coefficient (Wildman–Crippen LogP) is 2.31. The molecule has 0 bridgehead atoms. The van der Waals surface area contributed by atoms with Crippen molar-refractivity contribution in [3.05, 3.63) is 0 Å². The van der Waals surface area contributed by atoms with Crippen LogP contribution in [0.4, 0.5) is 0 Å². The Morgan fingerprint density at radius 3 is 2.69 bits per heavy atom. The second-order valence-electron chi connectivity index (χ2n) is 6.16. The van der Waals surface area contributed by atoms with Crippen LogP contribution in [0.15, 0.2) is 0 Å². The van der Waals surface area contributed by atoms with E-state index in [9.17, 15) is 0 Å². The summed E-state index contributed by atoms with van der Waals surface area (Å²) < 4.78 is 11.5. The fourth-order valence-corrected chi connectivity index (χ4v) is 2.67. The van der Waals surface area contributed by atoms with Crippen molar-refractivity contribution in [2.75, 3.05) is 19.8 Å². The van der Waals surface area contributed by atoms with Crippen LogP contribution in [0.5, 0.6) is 0 Å². The van der Waals surface area contributed by atoms with E-state index in [0.29, 0.717) is 11.5 Å². The molecule has 16 heavy (non-hydrogen) atoms. The summed E-state index contributed by atoms with van der Waals surface area (Å²) >= 11 is 0. The summed E-state index contributed by atoms with van der Waals surface area (Å²) in [5, 5.41) is 3.75. The molecule has 2 unspecified atom stereocenters. The van der Waals surface area contributed by atoms with Crippen molar-refractivity contribution < 1.29 is 9.47 Å². The lowest BCUT2D eigenvalue weighted by Crippen LogP contribution is -2.60. The lowest BCUT2D eigenvalue weighted by molar-refractivity contribution is -0.132. The molecule has 0 aliphatic carbocycles. The fourth-order valence-electron chi connectivity index (χ4n) is 2.67. The summed E-state index contributed by atoms with van der Waals surface area (Å²) in [6.45, 7) is 9.50. The maximum Gasteiger partial charge on any atom is 0.121 e. The molecule has 0 aromatic carbocycles. The Morgan fingerprint density at radius 2 is 1.94 bits per heavy atom. The molecule has 2 atom stereocenters. The molecule has 0 amide bonds. The highest BCUT2D eigenvalue weighted by atomic mass is 16.5.